The molecule has 0 fully saturated rings. The van der Waals surface area contributed by atoms with Crippen molar-refractivity contribution in [1.29, 1.82) is 0 Å². The number of fused-ring (bicyclic) bond motifs is 1. The second-order valence-electron chi connectivity index (χ2n) is 4.99. The standard InChI is InChI=1S/C16H14ClN3O2/c17-11-6-4-10(5-7-11)15-13(9-12(18)16(21)22)20-8-2-1-3-14(20)19-15/h1-8,12H,9,18H2,(H,21,22). The molecule has 0 aliphatic rings. The first-order chi connectivity index (χ1) is 10.6. The highest BCUT2D eigenvalue weighted by molar-refractivity contribution is 6.30. The minimum Gasteiger partial charge on any atom is -0.480 e. The fourth-order valence-electron chi connectivity index (χ4n) is 2.38. The van der Waals surface area contributed by atoms with E-state index in [4.69, 9.17) is 22.4 Å². The number of nitrogens with zero attached hydrogens (tertiary/aromatic N) is 2. The summed E-state index contributed by atoms with van der Waals surface area (Å²) in [5.74, 6) is -1.03. The average Bonchev–Trinajstić information content (AvgIpc) is 2.87. The fourth-order valence-corrected chi connectivity index (χ4v) is 2.50. The van der Waals surface area contributed by atoms with Gasteiger partial charge in [-0.2, -0.15) is 0 Å². The number of pyridine rings is 1. The van der Waals surface area contributed by atoms with Crippen LogP contribution in [0.4, 0.5) is 0 Å². The molecule has 2 heterocycles. The summed E-state index contributed by atoms with van der Waals surface area (Å²) < 4.78 is 1.87. The molecule has 0 aliphatic carbocycles. The Labute approximate surface area is 132 Å². The summed E-state index contributed by atoms with van der Waals surface area (Å²) in [6.45, 7) is 0. The van der Waals surface area contributed by atoms with E-state index >= 15 is 0 Å². The summed E-state index contributed by atoms with van der Waals surface area (Å²) in [6.07, 6.45) is 2.05. The van der Waals surface area contributed by atoms with Crippen molar-refractivity contribution in [3.8, 4) is 11.3 Å². The number of carboxylic acids is 1. The van der Waals surface area contributed by atoms with E-state index in [9.17, 15) is 4.79 Å². The van der Waals surface area contributed by atoms with Gasteiger partial charge in [-0.25, -0.2) is 4.98 Å². The third-order valence-electron chi connectivity index (χ3n) is 3.48. The van der Waals surface area contributed by atoms with E-state index in [2.05, 4.69) is 4.98 Å². The molecule has 3 rings (SSSR count). The van der Waals surface area contributed by atoms with Gasteiger partial charge in [0.05, 0.1) is 11.4 Å². The van der Waals surface area contributed by atoms with Crippen LogP contribution in [-0.2, 0) is 11.2 Å². The number of rotatable bonds is 4. The van der Waals surface area contributed by atoms with Gasteiger partial charge in [0, 0.05) is 23.2 Å². The van der Waals surface area contributed by atoms with Crippen LogP contribution in [0.5, 0.6) is 0 Å². The number of aromatic nitrogens is 2. The molecule has 0 radical (unpaired) electrons. The third kappa shape index (κ3) is 2.68. The van der Waals surface area contributed by atoms with Gasteiger partial charge in [0.25, 0.3) is 0 Å². The van der Waals surface area contributed by atoms with Crippen molar-refractivity contribution in [3.63, 3.8) is 0 Å². The Bertz CT molecular complexity index is 827. The highest BCUT2D eigenvalue weighted by Gasteiger charge is 2.20. The first-order valence-electron chi connectivity index (χ1n) is 6.76. The van der Waals surface area contributed by atoms with Gasteiger partial charge in [-0.15, -0.1) is 0 Å². The summed E-state index contributed by atoms with van der Waals surface area (Å²) in [5.41, 5.74) is 8.83. The predicted octanol–water partition coefficient (Wildman–Crippen LogP) is 2.61. The van der Waals surface area contributed by atoms with E-state index in [1.165, 1.54) is 0 Å². The summed E-state index contributed by atoms with van der Waals surface area (Å²) >= 11 is 5.92. The molecule has 2 aromatic heterocycles. The van der Waals surface area contributed by atoms with Crippen LogP contribution in [0.3, 0.4) is 0 Å². The second-order valence-corrected chi connectivity index (χ2v) is 5.43. The Balaban J connectivity index is 2.16. The number of carboxylic acid groups (broad SMARTS) is 1. The zero-order chi connectivity index (χ0) is 15.7. The van der Waals surface area contributed by atoms with Gasteiger partial charge in [-0.3, -0.25) is 4.79 Å². The van der Waals surface area contributed by atoms with Crippen molar-refractivity contribution in [2.75, 3.05) is 0 Å². The zero-order valence-electron chi connectivity index (χ0n) is 11.6. The van der Waals surface area contributed by atoms with E-state index in [1.807, 2.05) is 40.9 Å². The smallest absolute Gasteiger partial charge is 0.320 e. The number of nitrogens with two attached hydrogens (primary N) is 1. The van der Waals surface area contributed by atoms with E-state index in [0.29, 0.717) is 5.02 Å². The molecular weight excluding hydrogens is 302 g/mol. The molecule has 5 nitrogen and oxygen atoms in total. The molecule has 3 N–H and O–H groups in total. The molecule has 6 heteroatoms. The summed E-state index contributed by atoms with van der Waals surface area (Å²) in [7, 11) is 0. The largest absolute Gasteiger partial charge is 0.480 e. The first kappa shape index (κ1) is 14.6. The van der Waals surface area contributed by atoms with E-state index in [0.717, 1.165) is 22.6 Å². The minimum absolute atomic E-state index is 0.193. The number of hydrogen-bond acceptors (Lipinski definition) is 3. The van der Waals surface area contributed by atoms with Gasteiger partial charge in [0.2, 0.25) is 0 Å². The van der Waals surface area contributed by atoms with Crippen molar-refractivity contribution >= 4 is 23.2 Å². The molecule has 0 bridgehead atoms. The predicted molar refractivity (Wildman–Crippen MR) is 85.0 cm³/mol. The second kappa shape index (κ2) is 5.79. The van der Waals surface area contributed by atoms with E-state index in [1.54, 1.807) is 12.1 Å². The van der Waals surface area contributed by atoms with Gasteiger partial charge in [-0.05, 0) is 24.3 Å². The Morgan fingerprint density at radius 2 is 2.00 bits per heavy atom. The quantitative estimate of drug-likeness (QED) is 0.775. The van der Waals surface area contributed by atoms with Gasteiger partial charge < -0.3 is 15.2 Å². The number of carbonyl (C=O) groups is 1. The molecule has 1 atom stereocenters. The van der Waals surface area contributed by atoms with Crippen molar-refractivity contribution in [3.05, 3.63) is 59.4 Å². The van der Waals surface area contributed by atoms with Gasteiger partial charge >= 0.3 is 5.97 Å². The molecule has 0 spiro atoms. The molecule has 0 saturated heterocycles. The maximum Gasteiger partial charge on any atom is 0.320 e. The number of aliphatic carboxylic acids is 1. The Morgan fingerprint density at radius 1 is 1.27 bits per heavy atom. The number of imidazole rings is 1. The van der Waals surface area contributed by atoms with Gasteiger partial charge in [-0.1, -0.05) is 29.8 Å². The fraction of sp³-hybridized carbons (Fsp3) is 0.125. The van der Waals surface area contributed by atoms with Crippen LogP contribution in [0.1, 0.15) is 5.69 Å². The normalized spacial score (nSPS) is 12.5. The highest BCUT2D eigenvalue weighted by Crippen LogP contribution is 2.26. The molecule has 112 valence electrons. The maximum atomic E-state index is 11.1. The zero-order valence-corrected chi connectivity index (χ0v) is 12.4. The Hall–Kier alpha value is -2.37. The first-order valence-corrected chi connectivity index (χ1v) is 7.14. The lowest BCUT2D eigenvalue weighted by Gasteiger charge is -2.09. The van der Waals surface area contributed by atoms with E-state index < -0.39 is 12.0 Å². The molecule has 0 saturated carbocycles. The minimum atomic E-state index is -1.03. The number of hydrogen-bond donors (Lipinski definition) is 2. The monoisotopic (exact) mass is 315 g/mol. The summed E-state index contributed by atoms with van der Waals surface area (Å²) in [4.78, 5) is 15.7. The lowest BCUT2D eigenvalue weighted by Crippen LogP contribution is -2.32. The molecular formula is C16H14ClN3O2. The van der Waals surface area contributed by atoms with Crippen LogP contribution >= 0.6 is 11.6 Å². The van der Waals surface area contributed by atoms with Crippen molar-refractivity contribution in [1.82, 2.24) is 9.38 Å². The lowest BCUT2D eigenvalue weighted by atomic mass is 10.1. The molecule has 0 aliphatic heterocycles. The van der Waals surface area contributed by atoms with Crippen LogP contribution in [0, 0.1) is 0 Å². The Morgan fingerprint density at radius 3 is 2.68 bits per heavy atom. The highest BCUT2D eigenvalue weighted by atomic mass is 35.5. The molecule has 1 aromatic carbocycles. The van der Waals surface area contributed by atoms with Crippen molar-refractivity contribution in [2.24, 2.45) is 5.73 Å². The molecule has 22 heavy (non-hydrogen) atoms. The van der Waals surface area contributed by atoms with E-state index in [-0.39, 0.29) is 6.42 Å². The topological polar surface area (TPSA) is 80.6 Å². The van der Waals surface area contributed by atoms with Crippen LogP contribution in [-0.4, -0.2) is 26.5 Å². The maximum absolute atomic E-state index is 11.1. The van der Waals surface area contributed by atoms with Crippen LogP contribution in [0.2, 0.25) is 5.02 Å². The van der Waals surface area contributed by atoms with Crippen LogP contribution < -0.4 is 5.73 Å². The van der Waals surface area contributed by atoms with Crippen molar-refractivity contribution in [2.45, 2.75) is 12.5 Å². The molecule has 1 unspecified atom stereocenters. The average molecular weight is 316 g/mol. The number of halogens is 1. The van der Waals surface area contributed by atoms with Gasteiger partial charge in [0.15, 0.2) is 0 Å². The Kier molecular flexibility index (Phi) is 3.83. The summed E-state index contributed by atoms with van der Waals surface area (Å²) in [5, 5.41) is 9.71. The SMILES string of the molecule is NC(Cc1c(-c2ccc(Cl)cc2)nc2ccccn12)C(=O)O. The van der Waals surface area contributed by atoms with Crippen LogP contribution in [0.25, 0.3) is 16.9 Å². The third-order valence-corrected chi connectivity index (χ3v) is 3.73. The van der Waals surface area contributed by atoms with Crippen LogP contribution in [0.15, 0.2) is 48.7 Å². The number of benzene rings is 1. The van der Waals surface area contributed by atoms with Crippen molar-refractivity contribution < 1.29 is 9.90 Å². The lowest BCUT2D eigenvalue weighted by molar-refractivity contribution is -0.138. The molecule has 0 amide bonds. The molecule has 3 aromatic rings. The summed E-state index contributed by atoms with van der Waals surface area (Å²) in [6, 6.07) is 11.9. The van der Waals surface area contributed by atoms with Gasteiger partial charge in [0.1, 0.15) is 11.7 Å².